The number of aromatic nitrogens is 1. The van der Waals surface area contributed by atoms with Crippen molar-refractivity contribution in [2.24, 2.45) is 0 Å². The first kappa shape index (κ1) is 40.1. The molecule has 3 aromatic heterocycles. The quantitative estimate of drug-likeness (QED) is 0.155. The molecule has 0 atom stereocenters. The third-order valence-electron chi connectivity index (χ3n) is 15.3. The molecule has 11 aromatic carbocycles. The minimum atomic E-state index is -0.169. The van der Waals surface area contributed by atoms with Gasteiger partial charge in [0, 0.05) is 55.7 Å². The van der Waals surface area contributed by atoms with Crippen LogP contribution in [0.3, 0.4) is 0 Å². The predicted octanol–water partition coefficient (Wildman–Crippen LogP) is 16.1. The van der Waals surface area contributed by atoms with Gasteiger partial charge in [-0.1, -0.05) is 146 Å². The summed E-state index contributed by atoms with van der Waals surface area (Å²) >= 11 is 0. The normalized spacial score (nSPS) is 12.8. The van der Waals surface area contributed by atoms with Crippen LogP contribution in [-0.4, -0.2) is 11.3 Å². The zero-order valence-electron chi connectivity index (χ0n) is 39.4. The highest BCUT2D eigenvalue weighted by atomic mass is 16.3. The van der Waals surface area contributed by atoms with E-state index in [9.17, 15) is 0 Å². The molecule has 0 spiro atoms. The van der Waals surface area contributed by atoms with Gasteiger partial charge in [-0.05, 0) is 120 Å². The Labute approximate surface area is 420 Å². The van der Waals surface area contributed by atoms with Crippen LogP contribution in [0.2, 0.25) is 0 Å². The Hall–Kier alpha value is -9.72. The molecule has 0 saturated heterocycles. The summed E-state index contributed by atoms with van der Waals surface area (Å²) in [7, 11) is 0. The molecule has 6 nitrogen and oxygen atoms in total. The fourth-order valence-electron chi connectivity index (χ4n) is 12.4. The maximum atomic E-state index is 6.77. The maximum absolute atomic E-state index is 6.77. The Morgan fingerprint density at radius 2 is 0.808 bits per heavy atom. The van der Waals surface area contributed by atoms with Crippen LogP contribution in [0.4, 0.5) is 51.2 Å². The van der Waals surface area contributed by atoms with Crippen molar-refractivity contribution in [3.8, 4) is 5.69 Å². The van der Waals surface area contributed by atoms with Crippen LogP contribution in [0.15, 0.2) is 258 Å². The van der Waals surface area contributed by atoms with E-state index in [2.05, 4.69) is 268 Å². The van der Waals surface area contributed by atoms with Crippen LogP contribution < -0.4 is 31.1 Å². The second-order valence-electron chi connectivity index (χ2n) is 19.2. The van der Waals surface area contributed by atoms with E-state index in [1.807, 2.05) is 0 Å². The van der Waals surface area contributed by atoms with Crippen LogP contribution in [0, 0.1) is 0 Å². The molecule has 0 N–H and O–H groups in total. The fourth-order valence-corrected chi connectivity index (χ4v) is 12.4. The third-order valence-corrected chi connectivity index (χ3v) is 15.3. The molecule has 0 unspecified atom stereocenters. The Kier molecular flexibility index (Phi) is 8.45. The van der Waals surface area contributed by atoms with E-state index < -0.39 is 0 Å². The van der Waals surface area contributed by atoms with E-state index in [-0.39, 0.29) is 6.71 Å². The van der Waals surface area contributed by atoms with Crippen molar-refractivity contribution < 1.29 is 8.83 Å². The Balaban J connectivity index is 1.09. The second-order valence-corrected chi connectivity index (χ2v) is 19.2. The monoisotopic (exact) mass is 932 g/mol. The lowest BCUT2D eigenvalue weighted by atomic mass is 9.33. The molecule has 2 aliphatic rings. The molecular formula is C66H41BN4O2. The van der Waals surface area contributed by atoms with E-state index in [4.69, 9.17) is 8.83 Å². The average Bonchev–Trinajstić information content (AvgIpc) is 4.14. The number of rotatable bonds is 6. The molecule has 0 aliphatic carbocycles. The molecule has 0 fully saturated rings. The standard InChI is InChI=1S/C66H41BN4O2/c1-5-20-42(21-6-1)68(53-32-19-33-54-61(53)47-28-13-16-31-52(47)69(54)43-22-7-2-8-23-43)46-40-55-64-56(41-46)71(45-26-11-4-12-27-45)66-51(37-39-60-63(66)49-30-15-18-35-58(49)73-60)67(64)50-36-38-59-62(48-29-14-17-34-57(48)72-59)65(50)70(55)44-24-9-3-10-25-44/h1-41H. The van der Waals surface area contributed by atoms with Crippen molar-refractivity contribution in [1.82, 2.24) is 4.57 Å². The van der Waals surface area contributed by atoms with Crippen LogP contribution >= 0.6 is 0 Å². The van der Waals surface area contributed by atoms with Gasteiger partial charge in [0.15, 0.2) is 0 Å². The average molecular weight is 933 g/mol. The summed E-state index contributed by atoms with van der Waals surface area (Å²) in [5.74, 6) is 0. The number of fused-ring (bicyclic) bond motifs is 15. The van der Waals surface area contributed by atoms with Crippen LogP contribution in [0.25, 0.3) is 71.4 Å². The summed E-state index contributed by atoms with van der Waals surface area (Å²) in [5, 5.41) is 6.70. The topological polar surface area (TPSA) is 40.9 Å². The molecule has 0 saturated carbocycles. The number of furan rings is 2. The van der Waals surface area contributed by atoms with Crippen molar-refractivity contribution in [2.75, 3.05) is 14.7 Å². The van der Waals surface area contributed by atoms with Gasteiger partial charge in [0.2, 0.25) is 0 Å². The van der Waals surface area contributed by atoms with Crippen molar-refractivity contribution in [3.05, 3.63) is 249 Å². The smallest absolute Gasteiger partial charge is 0.252 e. The van der Waals surface area contributed by atoms with Crippen molar-refractivity contribution in [2.45, 2.75) is 0 Å². The van der Waals surface area contributed by atoms with E-state index in [0.717, 1.165) is 112 Å². The van der Waals surface area contributed by atoms with E-state index in [1.165, 1.54) is 27.2 Å². The summed E-state index contributed by atoms with van der Waals surface area (Å²) in [6, 6.07) is 89.8. The molecule has 2 aliphatic heterocycles. The predicted molar refractivity (Wildman–Crippen MR) is 304 cm³/mol. The van der Waals surface area contributed by atoms with Crippen molar-refractivity contribution in [1.29, 1.82) is 0 Å². The lowest BCUT2D eigenvalue weighted by molar-refractivity contribution is 0.668. The van der Waals surface area contributed by atoms with Gasteiger partial charge in [-0.2, -0.15) is 0 Å². The SMILES string of the molecule is c1ccc(N2c3cc(N(c4ccccc4)c4cccc5c4c4ccccc4n5-c4ccccc4)cc4c3B(c3ccc5oc6ccccc6c5c32)c2ccc3oc5ccccc5c3c2N4c2ccccc2)cc1. The van der Waals surface area contributed by atoms with E-state index >= 15 is 0 Å². The second kappa shape index (κ2) is 15.4. The van der Waals surface area contributed by atoms with E-state index in [0.29, 0.717) is 0 Å². The minimum Gasteiger partial charge on any atom is -0.456 e. The zero-order chi connectivity index (χ0) is 47.7. The number of anilines is 9. The molecule has 0 amide bonds. The van der Waals surface area contributed by atoms with Crippen LogP contribution in [0.5, 0.6) is 0 Å². The first-order chi connectivity index (χ1) is 36.3. The van der Waals surface area contributed by atoms with Gasteiger partial charge in [0.25, 0.3) is 6.71 Å². The number of nitrogens with zero attached hydrogens (tertiary/aromatic N) is 4. The highest BCUT2D eigenvalue weighted by Crippen LogP contribution is 2.53. The molecule has 340 valence electrons. The number of para-hydroxylation sites is 7. The third kappa shape index (κ3) is 5.70. The van der Waals surface area contributed by atoms with Gasteiger partial charge < -0.3 is 28.1 Å². The molecule has 73 heavy (non-hydrogen) atoms. The first-order valence-electron chi connectivity index (χ1n) is 25.0. The minimum absolute atomic E-state index is 0.169. The molecule has 7 heteroatoms. The van der Waals surface area contributed by atoms with Crippen molar-refractivity contribution >= 4 is 140 Å². The lowest BCUT2D eigenvalue weighted by Gasteiger charge is -2.45. The lowest BCUT2D eigenvalue weighted by Crippen LogP contribution is -2.61. The number of hydrogen-bond acceptors (Lipinski definition) is 5. The molecular weight excluding hydrogens is 892 g/mol. The summed E-state index contributed by atoms with van der Waals surface area (Å²) in [5.41, 5.74) is 20.2. The van der Waals surface area contributed by atoms with Gasteiger partial charge in [-0.15, -0.1) is 0 Å². The molecule has 5 heterocycles. The van der Waals surface area contributed by atoms with Crippen molar-refractivity contribution in [3.63, 3.8) is 0 Å². The Bertz CT molecular complexity index is 4340. The fraction of sp³-hybridized carbons (Fsp3) is 0. The maximum Gasteiger partial charge on any atom is 0.252 e. The molecule has 0 radical (unpaired) electrons. The Morgan fingerprint density at radius 1 is 0.342 bits per heavy atom. The largest absolute Gasteiger partial charge is 0.456 e. The highest BCUT2D eigenvalue weighted by Gasteiger charge is 2.46. The van der Waals surface area contributed by atoms with Gasteiger partial charge in [0.05, 0.1) is 44.6 Å². The first-order valence-corrected chi connectivity index (χ1v) is 25.0. The van der Waals surface area contributed by atoms with Gasteiger partial charge in [0.1, 0.15) is 22.3 Å². The summed E-state index contributed by atoms with van der Waals surface area (Å²) in [6.07, 6.45) is 0. The zero-order valence-corrected chi connectivity index (χ0v) is 39.4. The van der Waals surface area contributed by atoms with Gasteiger partial charge >= 0.3 is 0 Å². The van der Waals surface area contributed by atoms with Gasteiger partial charge in [-0.25, -0.2) is 0 Å². The number of benzene rings is 11. The molecule has 0 bridgehead atoms. The summed E-state index contributed by atoms with van der Waals surface area (Å²) in [6.45, 7) is -0.169. The highest BCUT2D eigenvalue weighted by molar-refractivity contribution is 7.01. The van der Waals surface area contributed by atoms with Crippen LogP contribution in [0.1, 0.15) is 0 Å². The summed E-state index contributed by atoms with van der Waals surface area (Å²) < 4.78 is 15.9. The Morgan fingerprint density at radius 3 is 1.37 bits per heavy atom. The molecule has 16 rings (SSSR count). The summed E-state index contributed by atoms with van der Waals surface area (Å²) in [4.78, 5) is 7.52. The number of hydrogen-bond donors (Lipinski definition) is 0. The van der Waals surface area contributed by atoms with E-state index in [1.54, 1.807) is 0 Å². The van der Waals surface area contributed by atoms with Crippen LogP contribution in [-0.2, 0) is 0 Å². The molecule has 14 aromatic rings. The van der Waals surface area contributed by atoms with Gasteiger partial charge in [-0.3, -0.25) is 0 Å².